The molecule has 1 aliphatic heterocycles. The molecule has 0 aromatic heterocycles. The van der Waals surface area contributed by atoms with Gasteiger partial charge in [-0.25, -0.2) is 0 Å². The molecule has 2 atom stereocenters. The molecule has 1 N–H and O–H groups in total. The molecule has 0 bridgehead atoms. The fourth-order valence-corrected chi connectivity index (χ4v) is 4.03. The average Bonchev–Trinajstić information content (AvgIpc) is 2.33. The molecule has 2 unspecified atom stereocenters. The van der Waals surface area contributed by atoms with Crippen molar-refractivity contribution in [3.8, 4) is 0 Å². The first-order valence-corrected chi connectivity index (χ1v) is 8.33. The van der Waals surface area contributed by atoms with Crippen molar-refractivity contribution in [3.63, 3.8) is 0 Å². The van der Waals surface area contributed by atoms with E-state index in [2.05, 4.69) is 69.1 Å². The van der Waals surface area contributed by atoms with Gasteiger partial charge in [-0.3, -0.25) is 4.90 Å². The molecule has 1 fully saturated rings. The number of piperazine rings is 1. The van der Waals surface area contributed by atoms with Crippen molar-refractivity contribution in [2.75, 3.05) is 19.6 Å². The molecule has 0 saturated carbocycles. The van der Waals surface area contributed by atoms with Gasteiger partial charge in [0.1, 0.15) is 0 Å². The zero-order valence-electron chi connectivity index (χ0n) is 14.2. The van der Waals surface area contributed by atoms with Gasteiger partial charge in [-0.05, 0) is 36.8 Å². The summed E-state index contributed by atoms with van der Waals surface area (Å²) in [6.45, 7) is 15.2. The van der Waals surface area contributed by atoms with Gasteiger partial charge in [-0.15, -0.1) is 0 Å². The number of hydrogen-bond donors (Lipinski definition) is 1. The molecule has 0 radical (unpaired) electrons. The van der Waals surface area contributed by atoms with Crippen molar-refractivity contribution in [1.29, 1.82) is 0 Å². The second kappa shape index (κ2) is 5.10. The van der Waals surface area contributed by atoms with Crippen LogP contribution in [0.1, 0.15) is 51.7 Å². The zero-order chi connectivity index (χ0) is 15.3. The topological polar surface area (TPSA) is 15.3 Å². The molecule has 1 saturated heterocycles. The van der Waals surface area contributed by atoms with E-state index in [-0.39, 0.29) is 5.54 Å². The van der Waals surface area contributed by atoms with Crippen LogP contribution in [0.5, 0.6) is 0 Å². The highest BCUT2D eigenvalue weighted by Crippen LogP contribution is 2.38. The van der Waals surface area contributed by atoms with E-state index >= 15 is 0 Å². The Morgan fingerprint density at radius 3 is 2.62 bits per heavy atom. The number of hydrogen-bond acceptors (Lipinski definition) is 2. The first-order chi connectivity index (χ1) is 9.76. The number of nitrogens with one attached hydrogen (secondary N) is 1. The van der Waals surface area contributed by atoms with Gasteiger partial charge in [0.2, 0.25) is 0 Å². The average molecular weight is 286 g/mol. The summed E-state index contributed by atoms with van der Waals surface area (Å²) in [6, 6.07) is 9.59. The minimum atomic E-state index is 0.227. The van der Waals surface area contributed by atoms with Crippen LogP contribution in [0.2, 0.25) is 0 Å². The monoisotopic (exact) mass is 286 g/mol. The summed E-state index contributed by atoms with van der Waals surface area (Å²) in [4.78, 5) is 2.75. The standard InChI is InChI=1S/C19H30N2/c1-18(2,3)17-11-20-19(4,5)13-21(17)12-15-10-14-8-6-7-9-16(14)15/h6-9,15,17,20H,10-13H2,1-5H3. The molecule has 2 nitrogen and oxygen atoms in total. The number of benzene rings is 1. The van der Waals surface area contributed by atoms with Crippen LogP contribution in [-0.2, 0) is 6.42 Å². The maximum absolute atomic E-state index is 3.73. The Morgan fingerprint density at radius 2 is 1.95 bits per heavy atom. The summed E-state index contributed by atoms with van der Waals surface area (Å²) in [5, 5.41) is 3.73. The smallest absolute Gasteiger partial charge is 0.0270 e. The van der Waals surface area contributed by atoms with E-state index < -0.39 is 0 Å². The van der Waals surface area contributed by atoms with Gasteiger partial charge in [-0.2, -0.15) is 0 Å². The quantitative estimate of drug-likeness (QED) is 0.896. The van der Waals surface area contributed by atoms with Gasteiger partial charge in [0.15, 0.2) is 0 Å². The Hall–Kier alpha value is -0.860. The maximum Gasteiger partial charge on any atom is 0.0270 e. The van der Waals surface area contributed by atoms with Crippen molar-refractivity contribution in [2.24, 2.45) is 5.41 Å². The van der Waals surface area contributed by atoms with E-state index in [1.54, 1.807) is 11.1 Å². The third kappa shape index (κ3) is 3.02. The molecule has 2 heteroatoms. The molecular weight excluding hydrogens is 256 g/mol. The van der Waals surface area contributed by atoms with Crippen LogP contribution in [0, 0.1) is 5.41 Å². The fraction of sp³-hybridized carbons (Fsp3) is 0.684. The second-order valence-corrected chi connectivity index (χ2v) is 8.68. The second-order valence-electron chi connectivity index (χ2n) is 8.68. The maximum atomic E-state index is 3.73. The summed E-state index contributed by atoms with van der Waals surface area (Å²) >= 11 is 0. The summed E-state index contributed by atoms with van der Waals surface area (Å²) in [7, 11) is 0. The van der Waals surface area contributed by atoms with Gasteiger partial charge < -0.3 is 5.32 Å². The number of fused-ring (bicyclic) bond motifs is 1. The van der Waals surface area contributed by atoms with Crippen molar-refractivity contribution in [3.05, 3.63) is 35.4 Å². The third-order valence-corrected chi connectivity index (χ3v) is 5.23. The van der Waals surface area contributed by atoms with Crippen molar-refractivity contribution in [1.82, 2.24) is 10.2 Å². The van der Waals surface area contributed by atoms with E-state index in [0.717, 1.165) is 19.0 Å². The van der Waals surface area contributed by atoms with E-state index in [4.69, 9.17) is 0 Å². The molecule has 116 valence electrons. The van der Waals surface area contributed by atoms with Crippen LogP contribution in [0.25, 0.3) is 0 Å². The Bertz CT molecular complexity index is 513. The molecule has 0 amide bonds. The van der Waals surface area contributed by atoms with Crippen LogP contribution in [0.4, 0.5) is 0 Å². The normalized spacial score (nSPS) is 28.8. The lowest BCUT2D eigenvalue weighted by Crippen LogP contribution is -2.65. The largest absolute Gasteiger partial charge is 0.309 e. The van der Waals surface area contributed by atoms with E-state index in [0.29, 0.717) is 11.5 Å². The lowest BCUT2D eigenvalue weighted by atomic mass is 9.75. The lowest BCUT2D eigenvalue weighted by molar-refractivity contribution is 0.0271. The molecule has 0 spiro atoms. The van der Waals surface area contributed by atoms with E-state index in [1.807, 2.05) is 0 Å². The van der Waals surface area contributed by atoms with Crippen LogP contribution in [0.3, 0.4) is 0 Å². The number of nitrogens with zero attached hydrogens (tertiary/aromatic N) is 1. The summed E-state index contributed by atoms with van der Waals surface area (Å²) in [5.74, 6) is 0.736. The molecule has 21 heavy (non-hydrogen) atoms. The highest BCUT2D eigenvalue weighted by Gasteiger charge is 2.40. The Morgan fingerprint density at radius 1 is 1.24 bits per heavy atom. The molecule has 1 aliphatic carbocycles. The van der Waals surface area contributed by atoms with Crippen LogP contribution >= 0.6 is 0 Å². The van der Waals surface area contributed by atoms with Gasteiger partial charge >= 0.3 is 0 Å². The third-order valence-electron chi connectivity index (χ3n) is 5.23. The molecule has 1 aromatic carbocycles. The van der Waals surface area contributed by atoms with Crippen molar-refractivity contribution in [2.45, 2.75) is 58.5 Å². The minimum absolute atomic E-state index is 0.227. The molecule has 3 rings (SSSR count). The molecule has 1 heterocycles. The first-order valence-electron chi connectivity index (χ1n) is 8.33. The molecular formula is C19H30N2. The number of rotatable bonds is 2. The molecule has 1 aromatic rings. The van der Waals surface area contributed by atoms with E-state index in [9.17, 15) is 0 Å². The van der Waals surface area contributed by atoms with Crippen molar-refractivity contribution >= 4 is 0 Å². The highest BCUT2D eigenvalue weighted by atomic mass is 15.3. The fourth-order valence-electron chi connectivity index (χ4n) is 4.03. The van der Waals surface area contributed by atoms with Gasteiger partial charge in [0.05, 0.1) is 0 Å². The van der Waals surface area contributed by atoms with Gasteiger partial charge in [0.25, 0.3) is 0 Å². The van der Waals surface area contributed by atoms with Crippen molar-refractivity contribution < 1.29 is 0 Å². The summed E-state index contributed by atoms with van der Waals surface area (Å²) < 4.78 is 0. The minimum Gasteiger partial charge on any atom is -0.309 e. The molecule has 2 aliphatic rings. The van der Waals surface area contributed by atoms with E-state index in [1.165, 1.54) is 13.0 Å². The summed E-state index contributed by atoms with van der Waals surface area (Å²) in [6.07, 6.45) is 1.26. The SMILES string of the molecule is CC1(C)CN(CC2Cc3ccccc32)C(C(C)(C)C)CN1. The highest BCUT2D eigenvalue weighted by molar-refractivity contribution is 5.40. The first kappa shape index (κ1) is 15.1. The zero-order valence-corrected chi connectivity index (χ0v) is 14.2. The predicted molar refractivity (Wildman–Crippen MR) is 89.8 cm³/mol. The Balaban J connectivity index is 1.75. The van der Waals surface area contributed by atoms with Crippen LogP contribution in [-0.4, -0.2) is 36.1 Å². The van der Waals surface area contributed by atoms with Crippen LogP contribution < -0.4 is 5.32 Å². The Labute approximate surface area is 129 Å². The Kier molecular flexibility index (Phi) is 3.66. The predicted octanol–water partition coefficient (Wildman–Crippen LogP) is 3.42. The lowest BCUT2D eigenvalue weighted by Gasteiger charge is -2.51. The van der Waals surface area contributed by atoms with Gasteiger partial charge in [0, 0.05) is 37.1 Å². The summed E-state index contributed by atoms with van der Waals surface area (Å²) in [5.41, 5.74) is 3.70. The van der Waals surface area contributed by atoms with Gasteiger partial charge in [-0.1, -0.05) is 45.0 Å². The van der Waals surface area contributed by atoms with Crippen LogP contribution in [0.15, 0.2) is 24.3 Å².